The van der Waals surface area contributed by atoms with Gasteiger partial charge in [-0.15, -0.1) is 0 Å². The normalized spacial score (nSPS) is 15.3. The molecule has 0 radical (unpaired) electrons. The molecular weight excluding hydrogens is 308 g/mol. The Labute approximate surface area is 135 Å². The molecule has 0 aromatic heterocycles. The lowest BCUT2D eigenvalue weighted by Gasteiger charge is -2.30. The first kappa shape index (κ1) is 21.3. The third-order valence-corrected chi connectivity index (χ3v) is 2.50. The Morgan fingerprint density at radius 1 is 0.870 bits per heavy atom. The highest BCUT2D eigenvalue weighted by Gasteiger charge is 2.52. The molecule has 0 saturated carbocycles. The van der Waals surface area contributed by atoms with E-state index in [1.807, 2.05) is 0 Å². The lowest BCUT2D eigenvalue weighted by molar-refractivity contribution is -0.199. The molecule has 0 aromatic rings. The summed E-state index contributed by atoms with van der Waals surface area (Å²) in [5.74, 6) is -3.50. The van der Waals surface area contributed by atoms with Crippen LogP contribution in [0.5, 0.6) is 0 Å². The van der Waals surface area contributed by atoms with E-state index in [4.69, 9.17) is 14.2 Å². The van der Waals surface area contributed by atoms with Crippen LogP contribution in [0.2, 0.25) is 0 Å². The topological polar surface area (TPSA) is 119 Å². The summed E-state index contributed by atoms with van der Waals surface area (Å²) >= 11 is 0. The Kier molecular flexibility index (Phi) is 8.19. The lowest BCUT2D eigenvalue weighted by Crippen LogP contribution is -2.56. The number of carbonyl (C=O) groups excluding carboxylic acids is 3. The SMILES string of the molecule is CC(C)OC(=O)C[C@@](O)(C(=O)OC(C)C)[C@H](O)C(=O)OC(C)C. The predicted molar refractivity (Wildman–Crippen MR) is 79.3 cm³/mol. The maximum Gasteiger partial charge on any atom is 0.342 e. The van der Waals surface area contributed by atoms with Gasteiger partial charge in [-0.25, -0.2) is 9.59 Å². The fourth-order valence-corrected chi connectivity index (χ4v) is 1.61. The minimum atomic E-state index is -2.79. The fourth-order valence-electron chi connectivity index (χ4n) is 1.61. The summed E-state index contributed by atoms with van der Waals surface area (Å²) in [6.45, 7) is 9.25. The Bertz CT molecular complexity index is 429. The van der Waals surface area contributed by atoms with Gasteiger partial charge in [0.15, 0.2) is 6.10 Å². The van der Waals surface area contributed by atoms with Crippen LogP contribution in [0.15, 0.2) is 0 Å². The Balaban J connectivity index is 5.39. The van der Waals surface area contributed by atoms with Gasteiger partial charge in [0.05, 0.1) is 24.7 Å². The van der Waals surface area contributed by atoms with Gasteiger partial charge in [-0.1, -0.05) is 0 Å². The highest BCUT2D eigenvalue weighted by molar-refractivity contribution is 5.92. The molecule has 0 unspecified atom stereocenters. The van der Waals surface area contributed by atoms with Gasteiger partial charge >= 0.3 is 17.9 Å². The maximum absolute atomic E-state index is 12.1. The summed E-state index contributed by atoms with van der Waals surface area (Å²) in [5.41, 5.74) is -2.79. The minimum absolute atomic E-state index is 0.493. The monoisotopic (exact) mass is 334 g/mol. The third-order valence-electron chi connectivity index (χ3n) is 2.50. The summed E-state index contributed by atoms with van der Waals surface area (Å²) in [7, 11) is 0. The van der Waals surface area contributed by atoms with Crippen molar-refractivity contribution < 1.29 is 38.8 Å². The molecule has 2 N–H and O–H groups in total. The number of rotatable bonds is 8. The van der Waals surface area contributed by atoms with Gasteiger partial charge in [0.25, 0.3) is 0 Å². The average molecular weight is 334 g/mol. The Hall–Kier alpha value is -1.67. The summed E-state index contributed by atoms with van der Waals surface area (Å²) in [4.78, 5) is 35.6. The van der Waals surface area contributed by atoms with Crippen molar-refractivity contribution in [2.75, 3.05) is 0 Å². The predicted octanol–water partition coefficient (Wildman–Crippen LogP) is 0.323. The molecule has 0 amide bonds. The van der Waals surface area contributed by atoms with Crippen LogP contribution in [0, 0.1) is 0 Å². The lowest BCUT2D eigenvalue weighted by atomic mass is 9.92. The van der Waals surface area contributed by atoms with Gasteiger partial charge in [0, 0.05) is 0 Å². The number of hydrogen-bond donors (Lipinski definition) is 2. The first-order valence-corrected chi connectivity index (χ1v) is 7.41. The number of carbonyl (C=O) groups is 3. The number of aliphatic hydroxyl groups excluding tert-OH is 1. The van der Waals surface area contributed by atoms with Crippen LogP contribution in [0.25, 0.3) is 0 Å². The van der Waals surface area contributed by atoms with Gasteiger partial charge in [0.1, 0.15) is 0 Å². The van der Waals surface area contributed by atoms with Crippen LogP contribution in [-0.4, -0.2) is 58.1 Å². The Morgan fingerprint density at radius 2 is 1.30 bits per heavy atom. The van der Waals surface area contributed by atoms with Crippen molar-refractivity contribution in [3.8, 4) is 0 Å². The van der Waals surface area contributed by atoms with Gasteiger partial charge in [-0.2, -0.15) is 0 Å². The highest BCUT2D eigenvalue weighted by atomic mass is 16.6. The van der Waals surface area contributed by atoms with E-state index < -0.39 is 54.3 Å². The molecule has 0 saturated heterocycles. The van der Waals surface area contributed by atoms with Crippen LogP contribution in [0.3, 0.4) is 0 Å². The number of aliphatic hydroxyl groups is 2. The minimum Gasteiger partial charge on any atom is -0.463 e. The molecule has 0 fully saturated rings. The molecule has 0 bridgehead atoms. The molecule has 23 heavy (non-hydrogen) atoms. The zero-order chi connectivity index (χ0) is 18.4. The van der Waals surface area contributed by atoms with Crippen LogP contribution >= 0.6 is 0 Å². The Morgan fingerprint density at radius 3 is 1.70 bits per heavy atom. The van der Waals surface area contributed by atoms with Crippen LogP contribution in [0.1, 0.15) is 48.0 Å². The first-order chi connectivity index (χ1) is 10.4. The van der Waals surface area contributed by atoms with E-state index in [1.165, 1.54) is 27.7 Å². The summed E-state index contributed by atoms with van der Waals surface area (Å²) in [5, 5.41) is 20.5. The van der Waals surface area contributed by atoms with E-state index in [1.54, 1.807) is 13.8 Å². The van der Waals surface area contributed by atoms with Crippen molar-refractivity contribution in [3.05, 3.63) is 0 Å². The van der Waals surface area contributed by atoms with E-state index >= 15 is 0 Å². The van der Waals surface area contributed by atoms with Crippen molar-refractivity contribution in [1.82, 2.24) is 0 Å². The number of ether oxygens (including phenoxy) is 3. The molecule has 0 aromatic carbocycles. The largest absolute Gasteiger partial charge is 0.463 e. The van der Waals surface area contributed by atoms with E-state index in [0.29, 0.717) is 0 Å². The van der Waals surface area contributed by atoms with Gasteiger partial charge in [0.2, 0.25) is 5.60 Å². The van der Waals surface area contributed by atoms with Crippen molar-refractivity contribution in [1.29, 1.82) is 0 Å². The zero-order valence-corrected chi connectivity index (χ0v) is 14.4. The van der Waals surface area contributed by atoms with Gasteiger partial charge < -0.3 is 24.4 Å². The number of hydrogen-bond acceptors (Lipinski definition) is 8. The second-order valence-corrected chi connectivity index (χ2v) is 5.98. The summed E-state index contributed by atoms with van der Waals surface area (Å²) < 4.78 is 14.4. The second kappa shape index (κ2) is 8.83. The molecule has 0 aliphatic carbocycles. The molecule has 0 aliphatic heterocycles. The smallest absolute Gasteiger partial charge is 0.342 e. The van der Waals surface area contributed by atoms with Crippen molar-refractivity contribution in [2.24, 2.45) is 0 Å². The molecular formula is C15H26O8. The van der Waals surface area contributed by atoms with E-state index in [0.717, 1.165) is 0 Å². The summed E-state index contributed by atoms with van der Waals surface area (Å²) in [6.07, 6.45) is -4.91. The first-order valence-electron chi connectivity index (χ1n) is 7.41. The summed E-state index contributed by atoms with van der Waals surface area (Å²) in [6, 6.07) is 0. The van der Waals surface area contributed by atoms with Crippen molar-refractivity contribution >= 4 is 17.9 Å². The zero-order valence-electron chi connectivity index (χ0n) is 14.4. The van der Waals surface area contributed by atoms with E-state index in [2.05, 4.69) is 0 Å². The van der Waals surface area contributed by atoms with Gasteiger partial charge in [-0.3, -0.25) is 4.79 Å². The van der Waals surface area contributed by atoms with Crippen LogP contribution < -0.4 is 0 Å². The van der Waals surface area contributed by atoms with E-state index in [9.17, 15) is 24.6 Å². The van der Waals surface area contributed by atoms with Crippen molar-refractivity contribution in [3.63, 3.8) is 0 Å². The highest BCUT2D eigenvalue weighted by Crippen LogP contribution is 2.22. The van der Waals surface area contributed by atoms with Crippen LogP contribution in [0.4, 0.5) is 0 Å². The van der Waals surface area contributed by atoms with Gasteiger partial charge in [-0.05, 0) is 41.5 Å². The quantitative estimate of drug-likeness (QED) is 0.481. The van der Waals surface area contributed by atoms with E-state index in [-0.39, 0.29) is 0 Å². The van der Waals surface area contributed by atoms with Crippen LogP contribution in [-0.2, 0) is 28.6 Å². The molecule has 8 heteroatoms. The standard InChI is InChI=1S/C15H26O8/c1-8(2)21-11(16)7-15(20,14(19)23-10(5)6)12(17)13(18)22-9(3)4/h8-10,12,17,20H,7H2,1-6H3/t12-,15+/m1/s1. The maximum atomic E-state index is 12.1. The average Bonchev–Trinajstić information content (AvgIpc) is 2.34. The molecule has 0 heterocycles. The third kappa shape index (κ3) is 6.96. The molecule has 0 spiro atoms. The molecule has 0 rings (SSSR count). The molecule has 2 atom stereocenters. The molecule has 8 nitrogen and oxygen atoms in total. The second-order valence-electron chi connectivity index (χ2n) is 5.98. The molecule has 134 valence electrons. The fraction of sp³-hybridized carbons (Fsp3) is 0.800. The van der Waals surface area contributed by atoms with Crippen molar-refractivity contribution in [2.45, 2.75) is 78.0 Å². The number of esters is 3. The molecule has 0 aliphatic rings.